The predicted molar refractivity (Wildman–Crippen MR) is 293 cm³/mol. The Morgan fingerprint density at radius 2 is 0.450 bits per heavy atom. The maximum absolute atomic E-state index is 14.8. The third-order valence-corrected chi connectivity index (χ3v) is 16.4. The first kappa shape index (κ1) is 48.0. The van der Waals surface area contributed by atoms with Crippen LogP contribution in [0.5, 0.6) is 0 Å². The van der Waals surface area contributed by atoms with Crippen LogP contribution in [0, 0.1) is 0 Å². The summed E-state index contributed by atoms with van der Waals surface area (Å²) in [5.74, 6) is 0. The second-order valence-electron chi connectivity index (χ2n) is 20.5. The molecule has 0 N–H and O–H groups in total. The number of rotatable bonds is 4. The molecule has 0 fully saturated rings. The number of benzene rings is 13. The van der Waals surface area contributed by atoms with E-state index < -0.39 is 47.0 Å². The van der Waals surface area contributed by atoms with E-state index in [0.717, 1.165) is 88.6 Å². The number of hydrogen-bond acceptors (Lipinski definition) is 0. The van der Waals surface area contributed by atoms with Gasteiger partial charge in [-0.25, -0.2) is 0 Å². The lowest BCUT2D eigenvalue weighted by molar-refractivity contribution is -0.162. The van der Waals surface area contributed by atoms with E-state index in [1.165, 1.54) is 0 Å². The lowest BCUT2D eigenvalue weighted by Gasteiger charge is -2.22. The minimum atomic E-state index is -5.35. The largest absolute Gasteiger partial charge is 0.417 e. The molecule has 0 amide bonds. The van der Waals surface area contributed by atoms with Crippen LogP contribution in [-0.4, -0.2) is 0 Å². The van der Waals surface area contributed by atoms with Crippen LogP contribution >= 0.6 is 0 Å². The quantitative estimate of drug-likeness (QED) is 0.0936. The van der Waals surface area contributed by atoms with Gasteiger partial charge in [-0.1, -0.05) is 170 Å². The standard InChI is InChI=1S/C68H32F12/c69-65(70,71)49-29-19-35(31-51(49)67(75,76)77)55-39-17-9-7-15-37(39)53(33-11-3-1-4-12-33)61-45-25-21-41-42-22-26-46-60-48(28-24-44(58(42)60)43-23-27-47(63(55)61)59(45)57(41)43)64-56(36-20-30-50(66(72,73)74)52(32-36)68(78,79)80)40-18-10-8-16-38(40)54(62(46)64)34-13-5-2-6-14-34/h1-32H. The van der Waals surface area contributed by atoms with Crippen LogP contribution in [0.1, 0.15) is 22.3 Å². The molecule has 15 rings (SSSR count). The number of halogens is 12. The molecule has 13 aromatic carbocycles. The van der Waals surface area contributed by atoms with Gasteiger partial charge in [0.05, 0.1) is 22.3 Å². The van der Waals surface area contributed by atoms with Gasteiger partial charge in [0.25, 0.3) is 0 Å². The van der Waals surface area contributed by atoms with E-state index in [9.17, 15) is 52.7 Å². The highest BCUT2D eigenvalue weighted by atomic mass is 19.4. The number of hydrogen-bond donors (Lipinski definition) is 0. The number of fused-ring (bicyclic) bond motifs is 10. The van der Waals surface area contributed by atoms with Crippen molar-refractivity contribution in [1.29, 1.82) is 0 Å². The summed E-state index contributed by atoms with van der Waals surface area (Å²) in [5.41, 5.74) is 2.03. The van der Waals surface area contributed by atoms with Crippen LogP contribution in [0.25, 0.3) is 154 Å². The van der Waals surface area contributed by atoms with Gasteiger partial charge in [-0.15, -0.1) is 0 Å². The molecular weight excluding hydrogens is 1040 g/mol. The van der Waals surface area contributed by atoms with Gasteiger partial charge in [0.15, 0.2) is 0 Å². The van der Waals surface area contributed by atoms with E-state index in [1.54, 1.807) is 24.3 Å². The van der Waals surface area contributed by atoms with Crippen molar-refractivity contribution in [3.63, 3.8) is 0 Å². The predicted octanol–water partition coefficient (Wildman–Crippen LogP) is 22.1. The van der Waals surface area contributed by atoms with Gasteiger partial charge >= 0.3 is 24.7 Å². The summed E-state index contributed by atoms with van der Waals surface area (Å²) in [7, 11) is 0. The summed E-state index contributed by atoms with van der Waals surface area (Å²) >= 11 is 0. The van der Waals surface area contributed by atoms with Gasteiger partial charge in [0.1, 0.15) is 0 Å². The molecule has 0 unspecified atom stereocenters. The Balaban J connectivity index is 1.05. The maximum Gasteiger partial charge on any atom is 0.417 e. The monoisotopic (exact) mass is 1080 g/mol. The van der Waals surface area contributed by atoms with Gasteiger partial charge in [-0.2, -0.15) is 52.7 Å². The SMILES string of the molecule is FC(F)(F)c1ccc(-c2c3c(c(-c4ccccc4)c4ccccc24)-c2ccc4c5ccc6c7c(ccc(c8ccc-3c2c48)c75)-c2c-6c(-c3ccccc3)c3ccccc3c2-c2ccc(C(F)(F)F)c(C(F)(F)F)c2)cc1C(F)(F)F. The zero-order valence-corrected chi connectivity index (χ0v) is 41.0. The second-order valence-corrected chi connectivity index (χ2v) is 20.5. The molecule has 0 aromatic heterocycles. The van der Waals surface area contributed by atoms with Crippen LogP contribution in [0.2, 0.25) is 0 Å². The molecule has 2 aliphatic rings. The molecule has 80 heavy (non-hydrogen) atoms. The van der Waals surface area contributed by atoms with Crippen molar-refractivity contribution in [2.75, 3.05) is 0 Å². The van der Waals surface area contributed by atoms with E-state index >= 15 is 0 Å². The molecule has 0 atom stereocenters. The summed E-state index contributed by atoms with van der Waals surface area (Å²) in [5, 5.41) is 8.94. The Morgan fingerprint density at radius 1 is 0.188 bits per heavy atom. The first-order valence-electron chi connectivity index (χ1n) is 25.4. The first-order chi connectivity index (χ1) is 38.3. The molecule has 0 heterocycles. The minimum absolute atomic E-state index is 0.0457. The normalized spacial score (nSPS) is 13.2. The molecule has 0 aliphatic heterocycles. The highest BCUT2D eigenvalue weighted by molar-refractivity contribution is 6.42. The fourth-order valence-electron chi connectivity index (χ4n) is 13.4. The molecule has 2 aliphatic carbocycles. The molecule has 0 bridgehead atoms. The van der Waals surface area contributed by atoms with Crippen LogP contribution in [-0.2, 0) is 24.7 Å². The highest BCUT2D eigenvalue weighted by Crippen LogP contribution is 2.63. The molecular formula is C68H32F12. The molecule has 0 saturated carbocycles. The van der Waals surface area contributed by atoms with Crippen molar-refractivity contribution in [2.45, 2.75) is 24.7 Å². The molecule has 388 valence electrons. The Bertz CT molecular complexity index is 4520. The van der Waals surface area contributed by atoms with Crippen LogP contribution in [0.15, 0.2) is 194 Å². The van der Waals surface area contributed by atoms with E-state index in [4.69, 9.17) is 0 Å². The highest BCUT2D eigenvalue weighted by Gasteiger charge is 2.46. The minimum Gasteiger partial charge on any atom is -0.166 e. The maximum atomic E-state index is 14.8. The Hall–Kier alpha value is -9.16. The van der Waals surface area contributed by atoms with Crippen LogP contribution in [0.3, 0.4) is 0 Å². The van der Waals surface area contributed by atoms with Crippen molar-refractivity contribution in [2.24, 2.45) is 0 Å². The lowest BCUT2D eigenvalue weighted by Crippen LogP contribution is -2.16. The zero-order chi connectivity index (χ0) is 55.1. The third kappa shape index (κ3) is 6.62. The summed E-state index contributed by atoms with van der Waals surface area (Å²) in [6, 6.07) is 53.7. The van der Waals surface area contributed by atoms with Crippen LogP contribution in [0.4, 0.5) is 52.7 Å². The van der Waals surface area contributed by atoms with Crippen molar-refractivity contribution in [3.8, 4) is 89.0 Å². The molecule has 13 aromatic rings. The molecule has 0 radical (unpaired) electrons. The van der Waals surface area contributed by atoms with Gasteiger partial charge in [0.2, 0.25) is 0 Å². The summed E-state index contributed by atoms with van der Waals surface area (Å²) in [6.07, 6.45) is -21.3. The van der Waals surface area contributed by atoms with Crippen molar-refractivity contribution < 1.29 is 52.7 Å². The van der Waals surface area contributed by atoms with Gasteiger partial charge < -0.3 is 0 Å². The van der Waals surface area contributed by atoms with Crippen molar-refractivity contribution in [3.05, 3.63) is 216 Å². The van der Waals surface area contributed by atoms with Crippen LogP contribution < -0.4 is 0 Å². The average Bonchev–Trinajstić information content (AvgIpc) is 4.09. The second kappa shape index (κ2) is 16.2. The lowest BCUT2D eigenvalue weighted by atomic mass is 9.82. The Kier molecular flexibility index (Phi) is 9.73. The summed E-state index contributed by atoms with van der Waals surface area (Å²) < 4.78 is 175. The summed E-state index contributed by atoms with van der Waals surface area (Å²) in [4.78, 5) is 0. The summed E-state index contributed by atoms with van der Waals surface area (Å²) in [6.45, 7) is 0. The average molecular weight is 1080 g/mol. The van der Waals surface area contributed by atoms with Gasteiger partial charge in [-0.05, 0) is 178 Å². The smallest absolute Gasteiger partial charge is 0.166 e. The van der Waals surface area contributed by atoms with Gasteiger partial charge in [0, 0.05) is 0 Å². The Morgan fingerprint density at radius 3 is 0.725 bits per heavy atom. The Labute approximate surface area is 445 Å². The van der Waals surface area contributed by atoms with E-state index in [0.29, 0.717) is 90.3 Å². The van der Waals surface area contributed by atoms with E-state index in [1.807, 2.05) is 133 Å². The van der Waals surface area contributed by atoms with Crippen molar-refractivity contribution >= 4 is 64.6 Å². The van der Waals surface area contributed by atoms with Crippen molar-refractivity contribution in [1.82, 2.24) is 0 Å². The zero-order valence-electron chi connectivity index (χ0n) is 41.0. The van der Waals surface area contributed by atoms with E-state index in [2.05, 4.69) is 0 Å². The van der Waals surface area contributed by atoms with E-state index in [-0.39, 0.29) is 11.1 Å². The topological polar surface area (TPSA) is 0 Å². The fraction of sp³-hybridized carbons (Fsp3) is 0.0588. The first-order valence-corrected chi connectivity index (χ1v) is 25.4. The molecule has 0 spiro atoms. The molecule has 0 saturated heterocycles. The third-order valence-electron chi connectivity index (χ3n) is 16.4. The molecule has 12 heteroatoms. The fourth-order valence-corrected chi connectivity index (χ4v) is 13.4. The number of alkyl halides is 12. The van der Waals surface area contributed by atoms with Gasteiger partial charge in [-0.3, -0.25) is 0 Å². The molecule has 0 nitrogen and oxygen atoms in total.